The first-order valence-electron chi connectivity index (χ1n) is 21.0. The zero-order chi connectivity index (χ0) is 52.5. The SMILES string of the molecule is O=C1N=c2nccnc2=N1.[C-]#[N+]C(=C1N=c2nccnc2=N1)c1nc(C(C#N)=C2N=c3nccnc3=N2)cc(C(C#N)=C2N=c3nccnc3=N2)n1.[C-]#[N+]Cc1nc(CC#N)cc(C(C#N)=C2N=c3nccnc3=N2)n1. The van der Waals surface area contributed by atoms with Crippen molar-refractivity contribution in [1.82, 2.24) is 69.8 Å². The van der Waals surface area contributed by atoms with E-state index >= 15 is 0 Å². The van der Waals surface area contributed by atoms with Gasteiger partial charge in [-0.25, -0.2) is 126 Å². The third kappa shape index (κ3) is 9.55. The lowest BCUT2D eigenvalue weighted by Crippen LogP contribution is -2.27. The molecule has 7 aromatic rings. The Labute approximate surface area is 419 Å². The third-order valence-corrected chi connectivity index (χ3v) is 9.74. The van der Waals surface area contributed by atoms with Crippen molar-refractivity contribution in [2.24, 2.45) is 49.9 Å². The van der Waals surface area contributed by atoms with Crippen molar-refractivity contribution in [3.63, 3.8) is 0 Å². The predicted molar refractivity (Wildman–Crippen MR) is 242 cm³/mol. The van der Waals surface area contributed by atoms with Crippen LogP contribution in [0.3, 0.4) is 0 Å². The molecule has 0 saturated heterocycles. The Hall–Kier alpha value is -12.9. The Morgan fingerprint density at radius 1 is 0.434 bits per heavy atom. The highest BCUT2D eigenvalue weighted by Crippen LogP contribution is 2.28. The van der Waals surface area contributed by atoms with Gasteiger partial charge in [-0.3, -0.25) is 0 Å². The van der Waals surface area contributed by atoms with Crippen LogP contribution in [-0.2, 0) is 13.0 Å². The van der Waals surface area contributed by atoms with Crippen molar-refractivity contribution in [2.45, 2.75) is 13.0 Å². The lowest BCUT2D eigenvalue weighted by atomic mass is 10.1. The molecular weight excluding hydrogens is 977 g/mol. The van der Waals surface area contributed by atoms with Gasteiger partial charge in [-0.1, -0.05) is 0 Å². The molecule has 0 bridgehead atoms. The number of hydrogen-bond acceptors (Lipinski definition) is 27. The predicted octanol–water partition coefficient (Wildman–Crippen LogP) is -3.62. The molecule has 31 heteroatoms. The van der Waals surface area contributed by atoms with E-state index in [2.05, 4.69) is 142 Å². The smallest absolute Gasteiger partial charge is 0.308 e. The lowest BCUT2D eigenvalue weighted by molar-refractivity contribution is 0.256. The van der Waals surface area contributed by atoms with Crippen LogP contribution >= 0.6 is 0 Å². The molecular formula is C45H16N30O. The summed E-state index contributed by atoms with van der Waals surface area (Å²) >= 11 is 0. The van der Waals surface area contributed by atoms with E-state index in [0.29, 0.717) is 27.6 Å². The first-order valence-corrected chi connectivity index (χ1v) is 21.0. The molecule has 2 amide bonds. The summed E-state index contributed by atoms with van der Waals surface area (Å²) in [6.07, 6.45) is 14.6. The average Bonchev–Trinajstić information content (AvgIpc) is 4.30. The van der Waals surface area contributed by atoms with Crippen LogP contribution in [0.25, 0.3) is 32.1 Å². The molecule has 5 aliphatic rings. The summed E-state index contributed by atoms with van der Waals surface area (Å²) < 4.78 is 0. The summed E-state index contributed by atoms with van der Waals surface area (Å²) in [5, 5.41) is 38.7. The zero-order valence-electron chi connectivity index (χ0n) is 37.7. The fourth-order valence-corrected chi connectivity index (χ4v) is 6.62. The molecule has 352 valence electrons. The van der Waals surface area contributed by atoms with E-state index in [9.17, 15) is 20.6 Å². The van der Waals surface area contributed by atoms with Gasteiger partial charge in [0.1, 0.15) is 34.9 Å². The molecule has 0 unspecified atom stereocenters. The number of urea groups is 1. The molecule has 31 nitrogen and oxygen atoms in total. The zero-order valence-corrected chi connectivity index (χ0v) is 37.7. The average molecular weight is 993 g/mol. The van der Waals surface area contributed by atoms with Crippen molar-refractivity contribution in [3.8, 4) is 24.3 Å². The Bertz CT molecular complexity index is 4320. The number of nitriles is 4. The third-order valence-electron chi connectivity index (χ3n) is 9.74. The molecule has 0 aromatic carbocycles. The lowest BCUT2D eigenvalue weighted by Gasteiger charge is -2.08. The molecule has 0 radical (unpaired) electrons. The molecule has 0 N–H and O–H groups in total. The summed E-state index contributed by atoms with van der Waals surface area (Å²) in [4.78, 5) is 116. The molecule has 0 fully saturated rings. The minimum Gasteiger partial charge on any atom is -0.308 e. The van der Waals surface area contributed by atoms with Gasteiger partial charge in [-0.15, -0.1) is 0 Å². The summed E-state index contributed by atoms with van der Waals surface area (Å²) in [6.45, 7) is 14.8. The molecule has 12 heterocycles. The topological polar surface area (TPSA) is 425 Å². The second-order valence-corrected chi connectivity index (χ2v) is 14.4. The van der Waals surface area contributed by atoms with Crippen LogP contribution in [0, 0.1) is 58.5 Å². The number of nitrogens with zero attached hydrogens (tertiary/aromatic N) is 30. The Kier molecular flexibility index (Phi) is 12.7. The normalized spacial score (nSPS) is 12.7. The summed E-state index contributed by atoms with van der Waals surface area (Å²) in [6, 6.07) is 10.5. The van der Waals surface area contributed by atoms with E-state index in [1.807, 2.05) is 12.1 Å². The van der Waals surface area contributed by atoms with Crippen molar-refractivity contribution in [3.05, 3.63) is 210 Å². The van der Waals surface area contributed by atoms with Crippen molar-refractivity contribution in [1.29, 1.82) is 21.0 Å². The maximum Gasteiger partial charge on any atom is 0.371 e. The fraction of sp³-hybridized carbons (Fsp3) is 0.0444. The summed E-state index contributed by atoms with van der Waals surface area (Å²) in [5.41, 5.74) is 3.07. The summed E-state index contributed by atoms with van der Waals surface area (Å²) in [5.74, 6) is 0.141. The monoisotopic (exact) mass is 992 g/mol. The first kappa shape index (κ1) is 46.8. The molecule has 7 aromatic heterocycles. The molecule has 0 atom stereocenters. The largest absolute Gasteiger partial charge is 0.371 e. The molecule has 0 saturated carbocycles. The van der Waals surface area contributed by atoms with Crippen LogP contribution in [0.2, 0.25) is 0 Å². The van der Waals surface area contributed by atoms with Gasteiger partial charge in [0.2, 0.25) is 16.8 Å². The van der Waals surface area contributed by atoms with Gasteiger partial charge in [-0.05, 0) is 12.1 Å². The van der Waals surface area contributed by atoms with Crippen LogP contribution in [0.1, 0.15) is 34.4 Å². The van der Waals surface area contributed by atoms with Gasteiger partial charge in [0, 0.05) is 62.0 Å². The van der Waals surface area contributed by atoms with Gasteiger partial charge >= 0.3 is 6.03 Å². The standard InChI is InChI=1S/C25H7N17.C15H7N9.C5H2N4O/c1-28-15(19-41-24-25(42-19)34-7-6-33-24)18-35-13(11(9-26)16-37-20-21(38-16)30-3-2-29-20)8-14(36-18)12(10-27)17-39-22-23(40-17)32-5-4-31-22;1-18-8-12-21-9(2-3-16)6-11(22-12)10(7-17)13-23-14-15(24-13)20-5-4-19-14;10-5-8-3-4(9-5)7-2-1-6-3/h2-8H;4-6H,2,8H2;1-2H. The second-order valence-electron chi connectivity index (χ2n) is 14.4. The molecule has 5 aliphatic heterocycles. The highest BCUT2D eigenvalue weighted by atomic mass is 16.2. The molecule has 0 spiro atoms. The van der Waals surface area contributed by atoms with Crippen molar-refractivity contribution in [2.75, 3.05) is 0 Å². The molecule has 12 rings (SSSR count). The molecule has 76 heavy (non-hydrogen) atoms. The number of allylic oxidation sites excluding steroid dienone is 3. The number of fused-ring (bicyclic) bond motifs is 5. The van der Waals surface area contributed by atoms with Crippen LogP contribution in [0.5, 0.6) is 0 Å². The van der Waals surface area contributed by atoms with E-state index < -0.39 is 6.03 Å². The van der Waals surface area contributed by atoms with Gasteiger partial charge in [-0.2, -0.15) is 31.0 Å². The maximum absolute atomic E-state index is 10.5. The number of carbonyl (C=O) groups excluding carboxylic acids is 1. The number of rotatable bonds is 6. The van der Waals surface area contributed by atoms with Crippen molar-refractivity contribution >= 4 is 28.4 Å². The van der Waals surface area contributed by atoms with Gasteiger partial charge < -0.3 is 4.85 Å². The number of aromatic nitrogens is 14. The second kappa shape index (κ2) is 20.6. The highest BCUT2D eigenvalue weighted by Gasteiger charge is 2.25. The number of amides is 2. The van der Waals surface area contributed by atoms with Crippen molar-refractivity contribution < 1.29 is 4.79 Å². The summed E-state index contributed by atoms with van der Waals surface area (Å²) in [7, 11) is 0. The van der Waals surface area contributed by atoms with E-state index in [1.54, 1.807) is 0 Å². The Morgan fingerprint density at radius 2 is 0.763 bits per heavy atom. The fourth-order valence-electron chi connectivity index (χ4n) is 6.62. The van der Waals surface area contributed by atoms with Crippen LogP contribution in [0.15, 0.2) is 147 Å². The van der Waals surface area contributed by atoms with E-state index in [-0.39, 0.29) is 120 Å². The Balaban J connectivity index is 0.000000161. The van der Waals surface area contributed by atoms with Crippen LogP contribution < -0.4 is 54.9 Å². The quantitative estimate of drug-likeness (QED) is 0.115. The van der Waals surface area contributed by atoms with Crippen LogP contribution in [-0.4, -0.2) is 75.8 Å². The van der Waals surface area contributed by atoms with Gasteiger partial charge in [0.25, 0.3) is 12.2 Å². The number of carbonyl (C=O) groups is 1. The Morgan fingerprint density at radius 3 is 1.08 bits per heavy atom. The minimum absolute atomic E-state index is 0.00132. The minimum atomic E-state index is -0.527. The molecule has 0 aliphatic carbocycles. The van der Waals surface area contributed by atoms with E-state index in [4.69, 9.17) is 18.4 Å². The number of hydrogen-bond donors (Lipinski definition) is 0. The highest BCUT2D eigenvalue weighted by molar-refractivity contribution is 5.84. The first-order chi connectivity index (χ1) is 37.2. The van der Waals surface area contributed by atoms with Crippen LogP contribution in [0.4, 0.5) is 4.79 Å². The van der Waals surface area contributed by atoms with E-state index in [1.165, 1.54) is 74.1 Å². The van der Waals surface area contributed by atoms with E-state index in [0.717, 1.165) is 0 Å². The maximum atomic E-state index is 10.5. The van der Waals surface area contributed by atoms with Gasteiger partial charge in [0.05, 0.1) is 41.8 Å². The van der Waals surface area contributed by atoms with Gasteiger partial charge in [0.15, 0.2) is 73.0 Å².